The maximum atomic E-state index is 11.8. The largest absolute Gasteiger partial charge is 0.439 e. The maximum Gasteiger partial charge on any atom is 0.266 e. The highest BCUT2D eigenvalue weighted by Crippen LogP contribution is 2.42. The van der Waals surface area contributed by atoms with E-state index >= 15 is 0 Å². The summed E-state index contributed by atoms with van der Waals surface area (Å²) in [5.41, 5.74) is 5.79. The van der Waals surface area contributed by atoms with Crippen LogP contribution in [0.2, 0.25) is 0 Å². The number of anilines is 1. The van der Waals surface area contributed by atoms with Crippen molar-refractivity contribution in [3.8, 4) is 22.9 Å². The van der Waals surface area contributed by atoms with Crippen LogP contribution in [0.3, 0.4) is 0 Å². The van der Waals surface area contributed by atoms with Crippen molar-refractivity contribution >= 4 is 53.6 Å². The van der Waals surface area contributed by atoms with Crippen molar-refractivity contribution in [2.75, 3.05) is 23.0 Å². The number of nitriles is 1. The molecule has 0 spiro atoms. The van der Waals surface area contributed by atoms with E-state index in [0.717, 1.165) is 37.5 Å². The quantitative estimate of drug-likeness (QED) is 0.102. The first-order valence-corrected chi connectivity index (χ1v) is 18.7. The molecule has 1 aliphatic rings. The second kappa shape index (κ2) is 13.7. The van der Waals surface area contributed by atoms with Crippen LogP contribution >= 0.6 is 11.3 Å². The monoisotopic (exact) mass is 680 g/mol. The first-order chi connectivity index (χ1) is 21.8. The fraction of sp³-hybridized carbons (Fsp3) is 0.273. The Morgan fingerprint density at radius 3 is 2.41 bits per heavy atom. The van der Waals surface area contributed by atoms with Gasteiger partial charge in [0.05, 0.1) is 28.8 Å². The molecule has 2 heterocycles. The van der Waals surface area contributed by atoms with E-state index in [1.807, 2.05) is 86.7 Å². The Labute approximate surface area is 273 Å². The standard InChI is InChI=1S/C33H33N3O7S3/c1-3-24(19-33-36(13-7-8-15-45(37,38)39)29-17-23(2)27(22-34)21-31(29)44-33)18-32-35(14-16-46(40,41)42)28-20-26(11-12-30(28)43-32)25-9-5-4-6-10-25/h4-6,9-12,17-21H,3,7-8,13-16H2,1-2H3,(H-,37,38,39,40,41,42)/p+1. The van der Waals surface area contributed by atoms with Crippen molar-refractivity contribution in [3.63, 3.8) is 0 Å². The van der Waals surface area contributed by atoms with Crippen LogP contribution in [-0.4, -0.2) is 44.0 Å². The summed E-state index contributed by atoms with van der Waals surface area (Å²) in [6.07, 6.45) is 5.25. The van der Waals surface area contributed by atoms with Crippen LogP contribution in [-0.2, 0) is 26.8 Å². The molecule has 0 fully saturated rings. The average Bonchev–Trinajstić information content (AvgIpc) is 3.52. The molecule has 0 saturated carbocycles. The zero-order valence-corrected chi connectivity index (χ0v) is 27.8. The molecule has 1 aromatic heterocycles. The van der Waals surface area contributed by atoms with Gasteiger partial charge >= 0.3 is 0 Å². The normalized spacial score (nSPS) is 14.5. The number of aryl methyl sites for hydroxylation is 2. The van der Waals surface area contributed by atoms with Gasteiger partial charge in [0.25, 0.3) is 25.2 Å². The zero-order valence-electron chi connectivity index (χ0n) is 25.4. The number of unbranched alkanes of at least 4 members (excludes halogenated alkanes) is 1. The molecule has 240 valence electrons. The second-order valence-electron chi connectivity index (χ2n) is 11.0. The fourth-order valence-electron chi connectivity index (χ4n) is 5.28. The lowest BCUT2D eigenvalue weighted by Crippen LogP contribution is -2.35. The van der Waals surface area contributed by atoms with Crippen molar-refractivity contribution < 1.29 is 35.2 Å². The molecule has 0 saturated heterocycles. The molecular formula is C33H34N3O7S3+. The summed E-state index contributed by atoms with van der Waals surface area (Å²) in [6, 6.07) is 21.5. The van der Waals surface area contributed by atoms with Crippen molar-refractivity contribution in [3.05, 3.63) is 94.3 Å². The number of ether oxygens (including phenoxy) is 1. The van der Waals surface area contributed by atoms with Gasteiger partial charge in [0.1, 0.15) is 4.70 Å². The SMILES string of the molecule is CCC(/C=C1\Oc2ccc(-c3ccccc3)cc2N1CCS(=O)(=O)O)=C\c1sc2cc(C#N)c(C)cc2[n+]1CCCCS(=O)(=O)O. The van der Waals surface area contributed by atoms with Gasteiger partial charge in [-0.3, -0.25) is 9.11 Å². The summed E-state index contributed by atoms with van der Waals surface area (Å²) >= 11 is 1.50. The Morgan fingerprint density at radius 2 is 1.74 bits per heavy atom. The lowest BCUT2D eigenvalue weighted by atomic mass is 10.0. The van der Waals surface area contributed by atoms with Gasteiger partial charge < -0.3 is 9.64 Å². The van der Waals surface area contributed by atoms with E-state index in [-0.39, 0.29) is 18.7 Å². The Hall–Kier alpha value is -4.06. The molecule has 1 aliphatic heterocycles. The third-order valence-corrected chi connectivity index (χ3v) is 10.3. The molecule has 5 rings (SSSR count). The van der Waals surface area contributed by atoms with Crippen molar-refractivity contribution in [1.82, 2.24) is 0 Å². The highest BCUT2D eigenvalue weighted by Gasteiger charge is 2.29. The second-order valence-corrected chi connectivity index (χ2v) is 15.2. The van der Waals surface area contributed by atoms with Gasteiger partial charge in [-0.05, 0) is 60.2 Å². The number of hydrogen-bond acceptors (Lipinski definition) is 8. The molecule has 3 aromatic carbocycles. The van der Waals surface area contributed by atoms with Gasteiger partial charge in [-0.25, -0.2) is 0 Å². The van der Waals surface area contributed by atoms with Crippen LogP contribution < -0.4 is 14.2 Å². The van der Waals surface area contributed by atoms with Crippen LogP contribution in [0.5, 0.6) is 5.75 Å². The van der Waals surface area contributed by atoms with E-state index in [1.54, 1.807) is 4.90 Å². The smallest absolute Gasteiger partial charge is 0.266 e. The summed E-state index contributed by atoms with van der Waals surface area (Å²) in [6.45, 7) is 4.32. The maximum absolute atomic E-state index is 11.8. The highest BCUT2D eigenvalue weighted by atomic mass is 32.2. The Morgan fingerprint density at radius 1 is 1.00 bits per heavy atom. The van der Waals surface area contributed by atoms with E-state index in [0.29, 0.717) is 42.3 Å². The van der Waals surface area contributed by atoms with Gasteiger partial charge in [0.15, 0.2) is 12.3 Å². The summed E-state index contributed by atoms with van der Waals surface area (Å²) in [5.74, 6) is 0.162. The molecule has 4 aromatic rings. The Kier molecular flexibility index (Phi) is 9.95. The number of thiazole rings is 1. The number of hydrogen-bond donors (Lipinski definition) is 2. The molecule has 46 heavy (non-hydrogen) atoms. The molecule has 0 amide bonds. The van der Waals surface area contributed by atoms with Crippen LogP contribution in [0, 0.1) is 18.3 Å². The van der Waals surface area contributed by atoms with Crippen molar-refractivity contribution in [2.24, 2.45) is 0 Å². The summed E-state index contributed by atoms with van der Waals surface area (Å²) in [4.78, 5) is 1.75. The minimum atomic E-state index is -4.25. The van der Waals surface area contributed by atoms with Gasteiger partial charge in [0, 0.05) is 31.2 Å². The van der Waals surface area contributed by atoms with E-state index < -0.39 is 26.0 Å². The van der Waals surface area contributed by atoms with Crippen molar-refractivity contribution in [1.29, 1.82) is 5.26 Å². The minimum absolute atomic E-state index is 0.0280. The highest BCUT2D eigenvalue weighted by molar-refractivity contribution is 7.86. The summed E-state index contributed by atoms with van der Waals surface area (Å²) in [5, 5.41) is 10.5. The third-order valence-electron chi connectivity index (χ3n) is 7.67. The fourth-order valence-corrected chi connectivity index (χ4v) is 7.45. The number of benzene rings is 3. The molecule has 0 bridgehead atoms. The molecule has 0 atom stereocenters. The average molecular weight is 681 g/mol. The first-order valence-electron chi connectivity index (χ1n) is 14.7. The van der Waals surface area contributed by atoms with Gasteiger partial charge in [0.2, 0.25) is 11.4 Å². The zero-order chi connectivity index (χ0) is 33.1. The minimum Gasteiger partial charge on any atom is -0.439 e. The predicted octanol–water partition coefficient (Wildman–Crippen LogP) is 6.13. The van der Waals surface area contributed by atoms with Gasteiger partial charge in [-0.15, -0.1) is 0 Å². The lowest BCUT2D eigenvalue weighted by molar-refractivity contribution is -0.669. The van der Waals surface area contributed by atoms with Crippen LogP contribution in [0.4, 0.5) is 5.69 Å². The van der Waals surface area contributed by atoms with Crippen LogP contribution in [0.1, 0.15) is 42.3 Å². The molecule has 13 heteroatoms. The van der Waals surface area contributed by atoms with Crippen molar-refractivity contribution in [2.45, 2.75) is 39.7 Å². The number of rotatable bonds is 12. The molecule has 0 radical (unpaired) electrons. The Balaban J connectivity index is 1.54. The number of nitrogens with zero attached hydrogens (tertiary/aromatic N) is 3. The van der Waals surface area contributed by atoms with Gasteiger partial charge in [-0.2, -0.15) is 26.7 Å². The number of aromatic nitrogens is 1. The number of fused-ring (bicyclic) bond motifs is 2. The van der Waals surface area contributed by atoms with E-state index in [1.165, 1.54) is 11.3 Å². The molecule has 2 N–H and O–H groups in total. The summed E-state index contributed by atoms with van der Waals surface area (Å²) in [7, 11) is -8.31. The predicted molar refractivity (Wildman–Crippen MR) is 180 cm³/mol. The first kappa shape index (κ1) is 33.3. The lowest BCUT2D eigenvalue weighted by Gasteiger charge is -2.18. The molecular weight excluding hydrogens is 647 g/mol. The third kappa shape index (κ3) is 8.01. The molecule has 10 nitrogen and oxygen atoms in total. The summed E-state index contributed by atoms with van der Waals surface area (Å²) < 4.78 is 74.0. The van der Waals surface area contributed by atoms with E-state index in [2.05, 4.69) is 10.6 Å². The number of allylic oxidation sites excluding steroid dienone is 2. The molecule has 0 aliphatic carbocycles. The van der Waals surface area contributed by atoms with E-state index in [4.69, 9.17) is 4.74 Å². The van der Waals surface area contributed by atoms with Gasteiger partial charge in [-0.1, -0.05) is 54.7 Å². The van der Waals surface area contributed by atoms with Crippen LogP contribution in [0.15, 0.2) is 78.2 Å². The topological polar surface area (TPSA) is 149 Å². The van der Waals surface area contributed by atoms with E-state index in [9.17, 15) is 31.2 Å². The van der Waals surface area contributed by atoms with Crippen LogP contribution in [0.25, 0.3) is 27.4 Å². The molecule has 0 unspecified atom stereocenters. The Bertz CT molecular complexity index is 2100.